The fourth-order valence-electron chi connectivity index (χ4n) is 4.08. The van der Waals surface area contributed by atoms with E-state index in [1.165, 1.54) is 20.3 Å². The molecule has 1 amide bonds. The highest BCUT2D eigenvalue weighted by Gasteiger charge is 2.30. The van der Waals surface area contributed by atoms with E-state index in [0.717, 1.165) is 22.3 Å². The number of nitrogens with one attached hydrogen (secondary N) is 1. The topological polar surface area (TPSA) is 94.1 Å². The maximum atomic E-state index is 12.5. The molecular weight excluding hydrogens is 410 g/mol. The maximum Gasteiger partial charge on any atom is 0.408 e. The molecule has 0 heterocycles. The van der Waals surface area contributed by atoms with Crippen molar-refractivity contribution in [2.24, 2.45) is 0 Å². The Balaban J connectivity index is 1.49. The van der Waals surface area contributed by atoms with Gasteiger partial charge in [-0.15, -0.1) is 0 Å². The van der Waals surface area contributed by atoms with Gasteiger partial charge in [-0.25, -0.2) is 9.59 Å². The van der Waals surface area contributed by atoms with E-state index in [1.807, 2.05) is 48.5 Å². The Bertz CT molecular complexity index is 1110. The van der Waals surface area contributed by atoms with Crippen LogP contribution in [0, 0.1) is 0 Å². The van der Waals surface area contributed by atoms with Crippen LogP contribution in [0.5, 0.6) is 11.5 Å². The minimum Gasteiger partial charge on any atom is -0.493 e. The van der Waals surface area contributed by atoms with Gasteiger partial charge in [0, 0.05) is 5.92 Å². The second kappa shape index (κ2) is 9.01. The van der Waals surface area contributed by atoms with Gasteiger partial charge in [0.05, 0.1) is 14.2 Å². The number of hydrogen-bond donors (Lipinski definition) is 2. The number of fused-ring (bicyclic) bond motifs is 3. The van der Waals surface area contributed by atoms with Crippen LogP contribution < -0.4 is 14.8 Å². The van der Waals surface area contributed by atoms with Gasteiger partial charge < -0.3 is 24.6 Å². The lowest BCUT2D eigenvalue weighted by atomic mass is 9.98. The number of carboxylic acid groups (broad SMARTS) is 1. The van der Waals surface area contributed by atoms with Crippen LogP contribution in [0.1, 0.15) is 28.7 Å². The summed E-state index contributed by atoms with van der Waals surface area (Å²) >= 11 is 0. The summed E-state index contributed by atoms with van der Waals surface area (Å²) in [7, 11) is 2.94. The van der Waals surface area contributed by atoms with Crippen molar-refractivity contribution >= 4 is 12.1 Å². The summed E-state index contributed by atoms with van der Waals surface area (Å²) in [4.78, 5) is 24.4. The van der Waals surface area contributed by atoms with Crippen molar-refractivity contribution in [1.29, 1.82) is 0 Å². The highest BCUT2D eigenvalue weighted by Crippen LogP contribution is 2.44. The predicted octanol–water partition coefficient (Wildman–Crippen LogP) is 4.37. The SMILES string of the molecule is COc1ccc([C@H](NC(=O)OCC2c3ccccc3-c3ccccc32)C(=O)O)cc1OC. The quantitative estimate of drug-likeness (QED) is 0.575. The lowest BCUT2D eigenvalue weighted by Gasteiger charge is -2.18. The van der Waals surface area contributed by atoms with Crippen molar-refractivity contribution in [3.05, 3.63) is 83.4 Å². The van der Waals surface area contributed by atoms with Crippen molar-refractivity contribution < 1.29 is 28.9 Å². The molecule has 2 N–H and O–H groups in total. The fourth-order valence-corrected chi connectivity index (χ4v) is 4.08. The molecule has 1 atom stereocenters. The molecule has 0 unspecified atom stereocenters. The number of rotatable bonds is 7. The molecule has 7 nitrogen and oxygen atoms in total. The summed E-state index contributed by atoms with van der Waals surface area (Å²) in [6, 6.07) is 19.4. The molecule has 3 aromatic rings. The van der Waals surface area contributed by atoms with Crippen LogP contribution in [0.3, 0.4) is 0 Å². The molecular formula is C25H23NO6. The first-order valence-corrected chi connectivity index (χ1v) is 10.1. The molecule has 0 aliphatic heterocycles. The molecule has 0 saturated carbocycles. The van der Waals surface area contributed by atoms with Gasteiger partial charge in [0.15, 0.2) is 17.5 Å². The first-order chi connectivity index (χ1) is 15.5. The molecule has 4 rings (SSSR count). The second-order valence-electron chi connectivity index (χ2n) is 7.36. The minimum absolute atomic E-state index is 0.0954. The van der Waals surface area contributed by atoms with Crippen molar-refractivity contribution in [2.75, 3.05) is 20.8 Å². The van der Waals surface area contributed by atoms with Crippen LogP contribution in [0.15, 0.2) is 66.7 Å². The molecule has 3 aromatic carbocycles. The van der Waals surface area contributed by atoms with Crippen LogP contribution in [-0.4, -0.2) is 38.0 Å². The number of hydrogen-bond acceptors (Lipinski definition) is 5. The van der Waals surface area contributed by atoms with Crippen molar-refractivity contribution in [3.8, 4) is 22.6 Å². The number of aliphatic carboxylic acids is 1. The van der Waals surface area contributed by atoms with Crippen LogP contribution in [-0.2, 0) is 9.53 Å². The first-order valence-electron chi connectivity index (χ1n) is 10.1. The summed E-state index contributed by atoms with van der Waals surface area (Å²) < 4.78 is 15.9. The molecule has 1 aliphatic carbocycles. The zero-order chi connectivity index (χ0) is 22.7. The molecule has 7 heteroatoms. The molecule has 0 bridgehead atoms. The van der Waals surface area contributed by atoms with Gasteiger partial charge in [-0.1, -0.05) is 54.6 Å². The van der Waals surface area contributed by atoms with E-state index < -0.39 is 18.1 Å². The maximum absolute atomic E-state index is 12.5. The van der Waals surface area contributed by atoms with Crippen LogP contribution >= 0.6 is 0 Å². The number of carbonyl (C=O) groups excluding carboxylic acids is 1. The minimum atomic E-state index is -1.30. The number of alkyl carbamates (subject to hydrolysis) is 1. The number of benzene rings is 3. The number of carbonyl (C=O) groups is 2. The van der Waals surface area contributed by atoms with Gasteiger partial charge in [-0.2, -0.15) is 0 Å². The highest BCUT2D eigenvalue weighted by molar-refractivity contribution is 5.82. The molecule has 1 aliphatic rings. The Labute approximate surface area is 185 Å². The highest BCUT2D eigenvalue weighted by atomic mass is 16.5. The van der Waals surface area contributed by atoms with E-state index in [0.29, 0.717) is 17.1 Å². The Morgan fingerprint density at radius 2 is 1.50 bits per heavy atom. The molecule has 0 spiro atoms. The van der Waals surface area contributed by atoms with Gasteiger partial charge in [-0.3, -0.25) is 0 Å². The summed E-state index contributed by atoms with van der Waals surface area (Å²) in [5, 5.41) is 12.1. The van der Waals surface area contributed by atoms with Crippen molar-refractivity contribution in [2.45, 2.75) is 12.0 Å². The monoisotopic (exact) mass is 433 g/mol. The largest absolute Gasteiger partial charge is 0.493 e. The molecule has 0 radical (unpaired) electrons. The number of amides is 1. The van der Waals surface area contributed by atoms with E-state index in [2.05, 4.69) is 5.32 Å². The summed E-state index contributed by atoms with van der Waals surface area (Å²) in [6.07, 6.45) is -0.811. The predicted molar refractivity (Wildman–Crippen MR) is 118 cm³/mol. The molecule has 164 valence electrons. The van der Waals surface area contributed by atoms with Gasteiger partial charge in [0.1, 0.15) is 6.61 Å². The Hall–Kier alpha value is -4.00. The summed E-state index contributed by atoms with van der Waals surface area (Å²) in [5.41, 5.74) is 4.73. The number of methoxy groups -OCH3 is 2. The molecule has 0 aromatic heterocycles. The fraction of sp³-hybridized carbons (Fsp3) is 0.200. The average molecular weight is 433 g/mol. The average Bonchev–Trinajstić information content (AvgIpc) is 3.14. The second-order valence-corrected chi connectivity index (χ2v) is 7.36. The lowest BCUT2D eigenvalue weighted by molar-refractivity contribution is -0.139. The van der Waals surface area contributed by atoms with E-state index >= 15 is 0 Å². The molecule has 0 fully saturated rings. The standard InChI is InChI=1S/C25H23NO6/c1-30-21-12-11-15(13-22(21)31-2)23(24(27)28)26-25(29)32-14-20-18-9-5-3-7-16(18)17-8-4-6-10-19(17)20/h3-13,20,23H,14H2,1-2H3,(H,26,29)(H,27,28)/t23-/m0/s1. The van der Waals surface area contributed by atoms with Gasteiger partial charge in [0.2, 0.25) is 0 Å². The summed E-state index contributed by atoms with van der Waals surface area (Å²) in [6.45, 7) is 0.0954. The third-order valence-electron chi connectivity index (χ3n) is 5.59. The number of carboxylic acids is 1. The zero-order valence-corrected chi connectivity index (χ0v) is 17.7. The number of ether oxygens (including phenoxy) is 3. The van der Waals surface area contributed by atoms with Gasteiger partial charge in [-0.05, 0) is 39.9 Å². The van der Waals surface area contributed by atoms with E-state index in [9.17, 15) is 14.7 Å². The normalized spacial score (nSPS) is 12.9. The lowest BCUT2D eigenvalue weighted by Crippen LogP contribution is -2.34. The third kappa shape index (κ3) is 3.97. The van der Waals surface area contributed by atoms with E-state index in [4.69, 9.17) is 14.2 Å². The summed E-state index contributed by atoms with van der Waals surface area (Å²) in [5.74, 6) is -0.504. The van der Waals surface area contributed by atoms with Crippen molar-refractivity contribution in [1.82, 2.24) is 5.32 Å². The van der Waals surface area contributed by atoms with Crippen LogP contribution in [0.25, 0.3) is 11.1 Å². The van der Waals surface area contributed by atoms with Gasteiger partial charge in [0.25, 0.3) is 0 Å². The Morgan fingerprint density at radius 3 is 2.06 bits per heavy atom. The third-order valence-corrected chi connectivity index (χ3v) is 5.59. The van der Waals surface area contributed by atoms with E-state index in [-0.39, 0.29) is 12.5 Å². The van der Waals surface area contributed by atoms with Crippen LogP contribution in [0.4, 0.5) is 4.79 Å². The first kappa shape index (κ1) is 21.2. The van der Waals surface area contributed by atoms with Crippen molar-refractivity contribution in [3.63, 3.8) is 0 Å². The smallest absolute Gasteiger partial charge is 0.408 e. The van der Waals surface area contributed by atoms with Crippen LogP contribution in [0.2, 0.25) is 0 Å². The van der Waals surface area contributed by atoms with Gasteiger partial charge >= 0.3 is 12.1 Å². The Morgan fingerprint density at radius 1 is 0.906 bits per heavy atom. The van der Waals surface area contributed by atoms with E-state index in [1.54, 1.807) is 12.1 Å². The molecule has 32 heavy (non-hydrogen) atoms. The zero-order valence-electron chi connectivity index (χ0n) is 17.7. The Kier molecular flexibility index (Phi) is 5.98. The molecule has 0 saturated heterocycles.